The maximum absolute atomic E-state index is 10.2. The Balaban J connectivity index is 2.92. The number of hydrogen-bond acceptors (Lipinski definition) is 2. The lowest BCUT2D eigenvalue weighted by molar-refractivity contribution is -0.118. The molecule has 3 heteroatoms. The van der Waals surface area contributed by atoms with Crippen molar-refractivity contribution < 1.29 is 4.79 Å². The number of primary amides is 1. The maximum atomic E-state index is 10.2. The summed E-state index contributed by atoms with van der Waals surface area (Å²) in [7, 11) is 0. The molecule has 0 aromatic carbocycles. The second-order valence-corrected chi connectivity index (χ2v) is 1.95. The molecule has 0 radical (unpaired) electrons. The zero-order valence-electron chi connectivity index (χ0n) is 5.89. The number of carbonyl (C=O) groups excluding carboxylic acids is 1. The van der Waals surface area contributed by atoms with Crippen molar-refractivity contribution in [2.75, 3.05) is 13.1 Å². The summed E-state index contributed by atoms with van der Waals surface area (Å²) in [6, 6.07) is 0. The number of carbonyl (C=O) groups is 1. The van der Waals surface area contributed by atoms with Crippen molar-refractivity contribution >= 4 is 5.91 Å². The Hall–Kier alpha value is -1.01. The highest BCUT2D eigenvalue weighted by Gasteiger charge is 1.91. The molecular weight excluding hydrogens is 128 g/mol. The van der Waals surface area contributed by atoms with Crippen molar-refractivity contribution in [1.29, 1.82) is 0 Å². The Bertz CT molecular complexity index is 137. The molecule has 0 atom stereocenters. The summed E-state index contributed by atoms with van der Waals surface area (Å²) >= 11 is 0. The molecule has 56 valence electrons. The third-order valence-corrected chi connectivity index (χ3v) is 1.00. The van der Waals surface area contributed by atoms with Gasteiger partial charge in [0.05, 0.1) is 6.54 Å². The van der Waals surface area contributed by atoms with Gasteiger partial charge in [-0.2, -0.15) is 0 Å². The van der Waals surface area contributed by atoms with Gasteiger partial charge in [0.1, 0.15) is 0 Å². The normalized spacial score (nSPS) is 8.70. The first-order valence-corrected chi connectivity index (χ1v) is 3.20. The second-order valence-electron chi connectivity index (χ2n) is 1.95. The second kappa shape index (κ2) is 6.12. The quantitative estimate of drug-likeness (QED) is 0.398. The van der Waals surface area contributed by atoms with E-state index in [-0.39, 0.29) is 5.91 Å². The molecule has 0 bridgehead atoms. The third kappa shape index (κ3) is 6.99. The molecule has 0 fully saturated rings. The summed E-state index contributed by atoms with van der Waals surface area (Å²) in [5, 5.41) is 2.95. The van der Waals surface area contributed by atoms with Gasteiger partial charge in [0.25, 0.3) is 0 Å². The first kappa shape index (κ1) is 8.99. The van der Waals surface area contributed by atoms with Crippen molar-refractivity contribution in [3.8, 4) is 12.3 Å². The molecule has 1 amide bonds. The lowest BCUT2D eigenvalue weighted by atomic mass is 10.3. The van der Waals surface area contributed by atoms with Gasteiger partial charge in [-0.3, -0.25) is 4.79 Å². The molecular formula is C7H12N2O. The van der Waals surface area contributed by atoms with E-state index in [4.69, 9.17) is 12.2 Å². The van der Waals surface area contributed by atoms with Crippen molar-refractivity contribution in [3.05, 3.63) is 0 Å². The van der Waals surface area contributed by atoms with Crippen LogP contribution < -0.4 is 11.1 Å². The highest BCUT2D eigenvalue weighted by atomic mass is 16.1. The number of rotatable bonds is 5. The van der Waals surface area contributed by atoms with Gasteiger partial charge in [0, 0.05) is 6.42 Å². The molecule has 0 aliphatic rings. The summed E-state index contributed by atoms with van der Waals surface area (Å²) in [4.78, 5) is 10.2. The van der Waals surface area contributed by atoms with Gasteiger partial charge in [-0.05, 0) is 13.0 Å². The van der Waals surface area contributed by atoms with Crippen LogP contribution in [0.4, 0.5) is 0 Å². The van der Waals surface area contributed by atoms with Gasteiger partial charge in [-0.15, -0.1) is 6.42 Å². The monoisotopic (exact) mass is 140 g/mol. The minimum Gasteiger partial charge on any atom is -0.370 e. The third-order valence-electron chi connectivity index (χ3n) is 1.00. The van der Waals surface area contributed by atoms with Crippen LogP contribution in [0, 0.1) is 12.3 Å². The lowest BCUT2D eigenvalue weighted by Crippen LogP contribution is -2.18. The average molecular weight is 140 g/mol. The van der Waals surface area contributed by atoms with Crippen LogP contribution in [0.2, 0.25) is 0 Å². The number of nitrogens with one attached hydrogen (secondary N) is 1. The zero-order valence-corrected chi connectivity index (χ0v) is 5.89. The van der Waals surface area contributed by atoms with Crippen LogP contribution in [-0.2, 0) is 4.79 Å². The summed E-state index contributed by atoms with van der Waals surface area (Å²) < 4.78 is 0. The largest absolute Gasteiger partial charge is 0.370 e. The van der Waals surface area contributed by atoms with Gasteiger partial charge >= 0.3 is 0 Å². The summed E-state index contributed by atoms with van der Waals surface area (Å²) in [5.41, 5.74) is 4.90. The molecule has 0 aliphatic heterocycles. The Morgan fingerprint density at radius 1 is 1.70 bits per heavy atom. The molecule has 0 unspecified atom stereocenters. The fourth-order valence-corrected chi connectivity index (χ4v) is 0.548. The van der Waals surface area contributed by atoms with Crippen LogP contribution in [0.5, 0.6) is 0 Å². The van der Waals surface area contributed by atoms with Gasteiger partial charge in [-0.25, -0.2) is 0 Å². The van der Waals surface area contributed by atoms with E-state index in [1.165, 1.54) is 0 Å². The smallest absolute Gasteiger partial charge is 0.217 e. The molecule has 0 spiro atoms. The predicted octanol–water partition coefficient (Wildman–Crippen LogP) is -0.525. The molecule has 3 N–H and O–H groups in total. The SMILES string of the molecule is C#CCNCCCC(N)=O. The minimum atomic E-state index is -0.262. The molecule has 10 heavy (non-hydrogen) atoms. The lowest BCUT2D eigenvalue weighted by Gasteiger charge is -1.96. The Morgan fingerprint density at radius 3 is 2.90 bits per heavy atom. The van der Waals surface area contributed by atoms with Gasteiger partial charge in [-0.1, -0.05) is 5.92 Å². The summed E-state index contributed by atoms with van der Waals surface area (Å²) in [5.74, 6) is 2.17. The number of terminal acetylenes is 1. The molecule has 0 heterocycles. The van der Waals surface area contributed by atoms with E-state index in [0.717, 1.165) is 13.0 Å². The standard InChI is InChI=1S/C7H12N2O/c1-2-5-9-6-3-4-7(8)10/h1,9H,3-6H2,(H2,8,10). The van der Waals surface area contributed by atoms with Crippen molar-refractivity contribution in [2.45, 2.75) is 12.8 Å². The Kier molecular flexibility index (Phi) is 5.50. The maximum Gasteiger partial charge on any atom is 0.217 e. The highest BCUT2D eigenvalue weighted by molar-refractivity contribution is 5.73. The van der Waals surface area contributed by atoms with Crippen molar-refractivity contribution in [2.24, 2.45) is 5.73 Å². The molecule has 0 aromatic rings. The van der Waals surface area contributed by atoms with Gasteiger partial charge in [0.2, 0.25) is 5.91 Å². The van der Waals surface area contributed by atoms with E-state index >= 15 is 0 Å². The molecule has 0 saturated heterocycles. The van der Waals surface area contributed by atoms with E-state index in [2.05, 4.69) is 11.2 Å². The van der Waals surface area contributed by atoms with Crippen LogP contribution >= 0.6 is 0 Å². The van der Waals surface area contributed by atoms with Crippen LogP contribution in [-0.4, -0.2) is 19.0 Å². The average Bonchev–Trinajstić information content (AvgIpc) is 1.87. The zero-order chi connectivity index (χ0) is 7.82. The molecule has 0 aromatic heterocycles. The summed E-state index contributed by atoms with van der Waals surface area (Å²) in [6.45, 7) is 1.31. The first-order valence-electron chi connectivity index (χ1n) is 3.20. The Morgan fingerprint density at radius 2 is 2.40 bits per heavy atom. The molecule has 0 saturated carbocycles. The number of hydrogen-bond donors (Lipinski definition) is 2. The van der Waals surface area contributed by atoms with Crippen LogP contribution in [0.1, 0.15) is 12.8 Å². The van der Waals surface area contributed by atoms with Crippen LogP contribution in [0.25, 0.3) is 0 Å². The molecule has 0 aliphatic carbocycles. The van der Waals surface area contributed by atoms with Gasteiger partial charge < -0.3 is 11.1 Å². The van der Waals surface area contributed by atoms with Crippen molar-refractivity contribution in [1.82, 2.24) is 5.32 Å². The fourth-order valence-electron chi connectivity index (χ4n) is 0.548. The van der Waals surface area contributed by atoms with Crippen molar-refractivity contribution in [3.63, 3.8) is 0 Å². The number of amides is 1. The van der Waals surface area contributed by atoms with E-state index in [1.807, 2.05) is 0 Å². The molecule has 0 rings (SSSR count). The van der Waals surface area contributed by atoms with E-state index < -0.39 is 0 Å². The van der Waals surface area contributed by atoms with E-state index in [0.29, 0.717) is 13.0 Å². The molecule has 3 nitrogen and oxygen atoms in total. The topological polar surface area (TPSA) is 55.1 Å². The van der Waals surface area contributed by atoms with E-state index in [9.17, 15) is 4.79 Å². The summed E-state index contributed by atoms with van der Waals surface area (Å²) in [6.07, 6.45) is 6.16. The van der Waals surface area contributed by atoms with Gasteiger partial charge in [0.15, 0.2) is 0 Å². The highest BCUT2D eigenvalue weighted by Crippen LogP contribution is 1.82. The van der Waals surface area contributed by atoms with Crippen LogP contribution in [0.3, 0.4) is 0 Å². The Labute approximate surface area is 61.0 Å². The van der Waals surface area contributed by atoms with E-state index in [1.54, 1.807) is 0 Å². The minimum absolute atomic E-state index is 0.262. The van der Waals surface area contributed by atoms with Crippen LogP contribution in [0.15, 0.2) is 0 Å². The predicted molar refractivity (Wildman–Crippen MR) is 40.1 cm³/mol. The number of nitrogens with two attached hydrogens (primary N) is 1. The first-order chi connectivity index (χ1) is 4.77. The fraction of sp³-hybridized carbons (Fsp3) is 0.571.